The quantitative estimate of drug-likeness (QED) is 0.435. The summed E-state index contributed by atoms with van der Waals surface area (Å²) < 4.78 is 10.7. The molecule has 8 nitrogen and oxygen atoms in total. The van der Waals surface area contributed by atoms with Crippen LogP contribution in [0.4, 0.5) is 11.4 Å². The highest BCUT2D eigenvalue weighted by Crippen LogP contribution is 2.28. The first-order valence-corrected chi connectivity index (χ1v) is 10.9. The number of nitrogens with zero attached hydrogens (tertiary/aromatic N) is 2. The molecule has 1 heterocycles. The average molecular weight is 462 g/mol. The molecule has 0 bridgehead atoms. The number of carbonyl (C=O) groups excluding carboxylic acids is 1. The molecule has 0 aromatic heterocycles. The van der Waals surface area contributed by atoms with Crippen LogP contribution in [0, 0.1) is 16.0 Å². The molecule has 1 amide bonds. The van der Waals surface area contributed by atoms with E-state index < -0.39 is 4.92 Å². The molecule has 3 rings (SSSR count). The van der Waals surface area contributed by atoms with E-state index in [-0.39, 0.29) is 23.2 Å². The second kappa shape index (κ2) is 11.2. The van der Waals surface area contributed by atoms with Gasteiger partial charge in [-0.15, -0.1) is 0 Å². The zero-order chi connectivity index (χ0) is 23.1. The summed E-state index contributed by atoms with van der Waals surface area (Å²) in [7, 11) is 3.31. The monoisotopic (exact) mass is 461 g/mol. The molecule has 2 aromatic rings. The Kier molecular flexibility index (Phi) is 8.30. The Labute approximate surface area is 192 Å². The van der Waals surface area contributed by atoms with E-state index in [9.17, 15) is 14.9 Å². The van der Waals surface area contributed by atoms with Crippen LogP contribution in [0.25, 0.3) is 0 Å². The first-order chi connectivity index (χ1) is 15.4. The Hall–Kier alpha value is -2.84. The second-order valence-electron chi connectivity index (χ2n) is 7.95. The summed E-state index contributed by atoms with van der Waals surface area (Å²) in [6, 6.07) is 9.98. The molecule has 9 heteroatoms. The van der Waals surface area contributed by atoms with Gasteiger partial charge in [-0.2, -0.15) is 0 Å². The molecule has 32 heavy (non-hydrogen) atoms. The van der Waals surface area contributed by atoms with Gasteiger partial charge < -0.3 is 14.8 Å². The average Bonchev–Trinajstić information content (AvgIpc) is 2.79. The fourth-order valence-electron chi connectivity index (χ4n) is 3.93. The number of non-ortho nitro benzene ring substituents is 1. The molecule has 1 aliphatic heterocycles. The van der Waals surface area contributed by atoms with Gasteiger partial charge in [-0.3, -0.25) is 19.8 Å². The first-order valence-electron chi connectivity index (χ1n) is 10.6. The summed E-state index contributed by atoms with van der Waals surface area (Å²) in [5.41, 5.74) is 1.47. The third-order valence-electron chi connectivity index (χ3n) is 5.76. The van der Waals surface area contributed by atoms with Crippen molar-refractivity contribution in [3.8, 4) is 11.5 Å². The summed E-state index contributed by atoms with van der Waals surface area (Å²) >= 11 is 6.05. The highest BCUT2D eigenvalue weighted by atomic mass is 35.5. The van der Waals surface area contributed by atoms with Crippen molar-refractivity contribution in [3.05, 3.63) is 57.1 Å². The number of methoxy groups -OCH3 is 2. The number of likely N-dealkylation sites (tertiary alicyclic amines) is 1. The van der Waals surface area contributed by atoms with Crippen LogP contribution in [0.3, 0.4) is 0 Å². The van der Waals surface area contributed by atoms with Gasteiger partial charge in [0.15, 0.2) is 0 Å². The van der Waals surface area contributed by atoms with Crippen LogP contribution < -0.4 is 14.8 Å². The number of amides is 1. The first kappa shape index (κ1) is 23.8. The zero-order valence-corrected chi connectivity index (χ0v) is 19.1. The zero-order valence-electron chi connectivity index (χ0n) is 18.3. The highest BCUT2D eigenvalue weighted by Gasteiger charge is 2.21. The number of ether oxygens (including phenoxy) is 2. The van der Waals surface area contributed by atoms with Crippen LogP contribution in [-0.2, 0) is 11.2 Å². The molecule has 0 aliphatic carbocycles. The molecule has 2 aromatic carbocycles. The molecular formula is C23H28ClN3O5. The van der Waals surface area contributed by atoms with Crippen molar-refractivity contribution in [2.75, 3.05) is 39.2 Å². The third-order valence-corrected chi connectivity index (χ3v) is 6.08. The molecule has 1 fully saturated rings. The number of hydrogen-bond donors (Lipinski definition) is 1. The summed E-state index contributed by atoms with van der Waals surface area (Å²) in [6.45, 7) is 1.98. The van der Waals surface area contributed by atoms with Crippen LogP contribution in [0.2, 0.25) is 5.02 Å². The number of piperidine rings is 1. The van der Waals surface area contributed by atoms with Gasteiger partial charge >= 0.3 is 0 Å². The van der Waals surface area contributed by atoms with E-state index in [0.717, 1.165) is 50.3 Å². The smallest absolute Gasteiger partial charge is 0.271 e. The van der Waals surface area contributed by atoms with E-state index in [4.69, 9.17) is 21.1 Å². The molecule has 1 N–H and O–H groups in total. The Morgan fingerprint density at radius 2 is 1.81 bits per heavy atom. The molecule has 0 unspecified atom stereocenters. The summed E-state index contributed by atoms with van der Waals surface area (Å²) in [4.78, 5) is 24.8. The van der Waals surface area contributed by atoms with Crippen molar-refractivity contribution in [2.24, 2.45) is 5.92 Å². The highest BCUT2D eigenvalue weighted by molar-refractivity contribution is 6.34. The minimum absolute atomic E-state index is 0.109. The lowest BCUT2D eigenvalue weighted by Gasteiger charge is -2.31. The number of nitro benzene ring substituents is 1. The van der Waals surface area contributed by atoms with E-state index in [1.165, 1.54) is 23.8 Å². The van der Waals surface area contributed by atoms with Gasteiger partial charge in [0, 0.05) is 18.2 Å². The largest absolute Gasteiger partial charge is 0.497 e. The second-order valence-corrected chi connectivity index (χ2v) is 8.36. The van der Waals surface area contributed by atoms with Gasteiger partial charge in [0.1, 0.15) is 11.5 Å². The van der Waals surface area contributed by atoms with Crippen LogP contribution in [0.1, 0.15) is 24.8 Å². The number of carbonyl (C=O) groups is 1. The molecule has 1 aliphatic rings. The molecule has 0 atom stereocenters. The predicted molar refractivity (Wildman–Crippen MR) is 124 cm³/mol. The van der Waals surface area contributed by atoms with E-state index in [1.807, 2.05) is 18.2 Å². The number of rotatable bonds is 9. The van der Waals surface area contributed by atoms with Crippen LogP contribution in [0.5, 0.6) is 11.5 Å². The minimum atomic E-state index is -0.521. The molecule has 0 saturated carbocycles. The van der Waals surface area contributed by atoms with Crippen LogP contribution in [0.15, 0.2) is 36.4 Å². The van der Waals surface area contributed by atoms with E-state index >= 15 is 0 Å². The number of anilines is 1. The maximum atomic E-state index is 12.4. The van der Waals surface area contributed by atoms with Crippen molar-refractivity contribution >= 4 is 28.9 Å². The minimum Gasteiger partial charge on any atom is -0.497 e. The third kappa shape index (κ3) is 6.58. The van der Waals surface area contributed by atoms with Gasteiger partial charge in [0.2, 0.25) is 5.91 Å². The van der Waals surface area contributed by atoms with E-state index in [0.29, 0.717) is 11.6 Å². The Balaban J connectivity index is 1.44. The van der Waals surface area contributed by atoms with Crippen LogP contribution in [-0.4, -0.2) is 49.6 Å². The van der Waals surface area contributed by atoms with Crippen molar-refractivity contribution in [3.63, 3.8) is 0 Å². The molecule has 1 saturated heterocycles. The lowest BCUT2D eigenvalue weighted by Crippen LogP contribution is -2.39. The molecular weight excluding hydrogens is 434 g/mol. The molecule has 0 radical (unpaired) electrons. The van der Waals surface area contributed by atoms with Crippen molar-refractivity contribution in [1.82, 2.24) is 4.90 Å². The van der Waals surface area contributed by atoms with E-state index in [2.05, 4.69) is 10.2 Å². The Bertz CT molecular complexity index is 938. The summed E-state index contributed by atoms with van der Waals surface area (Å²) in [6.07, 6.45) is 4.10. The van der Waals surface area contributed by atoms with Gasteiger partial charge in [-0.25, -0.2) is 0 Å². The summed E-state index contributed by atoms with van der Waals surface area (Å²) in [5.74, 6) is 2.03. The predicted octanol–water partition coefficient (Wildman–Crippen LogP) is 4.55. The fourth-order valence-corrected chi connectivity index (χ4v) is 4.15. The number of halogens is 1. The maximum Gasteiger partial charge on any atom is 0.271 e. The number of nitro groups is 1. The number of nitrogens with one attached hydrogen (secondary N) is 1. The lowest BCUT2D eigenvalue weighted by molar-refractivity contribution is -0.384. The molecule has 172 valence electrons. The number of benzene rings is 2. The maximum absolute atomic E-state index is 12.4. The van der Waals surface area contributed by atoms with Gasteiger partial charge in [0.25, 0.3) is 5.69 Å². The Morgan fingerprint density at radius 1 is 1.16 bits per heavy atom. The van der Waals surface area contributed by atoms with Crippen molar-refractivity contribution in [1.29, 1.82) is 0 Å². The topological polar surface area (TPSA) is 93.9 Å². The Morgan fingerprint density at radius 3 is 2.38 bits per heavy atom. The van der Waals surface area contributed by atoms with E-state index in [1.54, 1.807) is 14.2 Å². The lowest BCUT2D eigenvalue weighted by atomic mass is 9.90. The SMILES string of the molecule is COc1cc(CCC2CCN(CC(=O)Nc3ccc([N+](=O)[O-])cc3Cl)CC2)cc(OC)c1. The van der Waals surface area contributed by atoms with Gasteiger partial charge in [-0.1, -0.05) is 11.6 Å². The van der Waals surface area contributed by atoms with Crippen molar-refractivity contribution in [2.45, 2.75) is 25.7 Å². The normalized spacial score (nSPS) is 14.7. The summed E-state index contributed by atoms with van der Waals surface area (Å²) in [5, 5.41) is 13.7. The van der Waals surface area contributed by atoms with Gasteiger partial charge in [-0.05, 0) is 68.5 Å². The standard InChI is InChI=1S/C23H28ClN3O5/c1-31-19-11-17(12-20(14-19)32-2)4-3-16-7-9-26(10-8-16)15-23(28)25-22-6-5-18(27(29)30)13-21(22)24/h5-6,11-14,16H,3-4,7-10,15H2,1-2H3,(H,25,28). The number of hydrogen-bond acceptors (Lipinski definition) is 6. The fraction of sp³-hybridized carbons (Fsp3) is 0.435. The van der Waals surface area contributed by atoms with Crippen LogP contribution >= 0.6 is 11.6 Å². The van der Waals surface area contributed by atoms with Gasteiger partial charge in [0.05, 0.1) is 36.4 Å². The number of aryl methyl sites for hydroxylation is 1. The van der Waals surface area contributed by atoms with Crippen molar-refractivity contribution < 1.29 is 19.2 Å². The molecule has 0 spiro atoms.